The van der Waals surface area contributed by atoms with E-state index in [0.29, 0.717) is 31.2 Å². The number of benzene rings is 1. The maximum absolute atomic E-state index is 13.1. The lowest BCUT2D eigenvalue weighted by Crippen LogP contribution is -2.55. The third kappa shape index (κ3) is 6.32. The molecule has 0 radical (unpaired) electrons. The number of hydrogen-bond donors (Lipinski definition) is 1. The number of carbonyl (C=O) groups excluding carboxylic acids is 2. The molecule has 0 saturated carbocycles. The minimum absolute atomic E-state index is 0.126. The summed E-state index contributed by atoms with van der Waals surface area (Å²) in [5, 5.41) is 0. The molecular formula is C26H38N4O5. The number of hydrogen-bond acceptors (Lipinski definition) is 7. The molecule has 1 aromatic carbocycles. The van der Waals surface area contributed by atoms with Crippen LogP contribution in [0.3, 0.4) is 0 Å². The van der Waals surface area contributed by atoms with E-state index in [-0.39, 0.29) is 17.8 Å². The van der Waals surface area contributed by atoms with Crippen LogP contribution in [0.2, 0.25) is 0 Å². The van der Waals surface area contributed by atoms with E-state index in [4.69, 9.17) is 9.15 Å². The van der Waals surface area contributed by atoms with Crippen molar-refractivity contribution >= 4 is 23.0 Å². The van der Waals surface area contributed by atoms with Crippen LogP contribution in [0.4, 0.5) is 0 Å². The third-order valence-electron chi connectivity index (χ3n) is 7.27. The minimum atomic E-state index is -0.456. The zero-order valence-electron chi connectivity index (χ0n) is 21.2. The number of fused-ring (bicyclic) bond motifs is 1. The molecule has 9 heteroatoms. The number of nitrogens with one attached hydrogen (secondary N) is 1. The summed E-state index contributed by atoms with van der Waals surface area (Å²) in [6.45, 7) is 11.9. The fraction of sp³-hybridized carbons (Fsp3) is 0.654. The SMILES string of the molecule is CCCOC(=O)CN1CCC(N2CCN(C(=O)[C@H](C)Cc3cc(C)c4[nH]c(=O)oc4c3)CC2)CC1. The van der Waals surface area contributed by atoms with Gasteiger partial charge in [-0.3, -0.25) is 24.4 Å². The van der Waals surface area contributed by atoms with E-state index in [2.05, 4.69) is 14.8 Å². The topological polar surface area (TPSA) is 99.1 Å². The lowest BCUT2D eigenvalue weighted by molar-refractivity contribution is -0.145. The van der Waals surface area contributed by atoms with E-state index in [1.807, 2.05) is 37.8 Å². The van der Waals surface area contributed by atoms with Crippen molar-refractivity contribution in [3.8, 4) is 0 Å². The summed E-state index contributed by atoms with van der Waals surface area (Å²) >= 11 is 0. The Hall–Kier alpha value is -2.65. The number of likely N-dealkylation sites (tertiary alicyclic amines) is 1. The summed E-state index contributed by atoms with van der Waals surface area (Å²) in [6.07, 6.45) is 3.55. The van der Waals surface area contributed by atoms with Crippen molar-refractivity contribution in [3.05, 3.63) is 33.8 Å². The first-order valence-corrected chi connectivity index (χ1v) is 12.9. The molecule has 0 unspecified atom stereocenters. The Morgan fingerprint density at radius 2 is 1.86 bits per heavy atom. The Balaban J connectivity index is 1.22. The molecule has 1 amide bonds. The smallest absolute Gasteiger partial charge is 0.417 e. The van der Waals surface area contributed by atoms with Crippen LogP contribution in [-0.2, 0) is 20.7 Å². The molecule has 192 valence electrons. The number of aromatic nitrogens is 1. The number of rotatable bonds is 8. The van der Waals surface area contributed by atoms with Gasteiger partial charge in [0.1, 0.15) is 0 Å². The van der Waals surface area contributed by atoms with Crippen LogP contribution >= 0.6 is 0 Å². The molecule has 9 nitrogen and oxygen atoms in total. The number of piperazine rings is 1. The van der Waals surface area contributed by atoms with E-state index >= 15 is 0 Å². The second-order valence-corrected chi connectivity index (χ2v) is 9.99. The number of H-pyrrole nitrogens is 1. The van der Waals surface area contributed by atoms with Crippen molar-refractivity contribution in [1.82, 2.24) is 19.7 Å². The summed E-state index contributed by atoms with van der Waals surface area (Å²) in [5.41, 5.74) is 3.21. The van der Waals surface area contributed by atoms with Gasteiger partial charge in [-0.15, -0.1) is 0 Å². The molecule has 2 saturated heterocycles. The van der Waals surface area contributed by atoms with E-state index in [0.717, 1.165) is 75.2 Å². The molecule has 0 aliphatic carbocycles. The van der Waals surface area contributed by atoms with Gasteiger partial charge < -0.3 is 14.1 Å². The van der Waals surface area contributed by atoms with Gasteiger partial charge in [-0.2, -0.15) is 0 Å². The van der Waals surface area contributed by atoms with Crippen molar-refractivity contribution in [2.75, 3.05) is 52.4 Å². The molecule has 1 aromatic heterocycles. The van der Waals surface area contributed by atoms with Crippen LogP contribution in [0, 0.1) is 12.8 Å². The maximum atomic E-state index is 13.1. The van der Waals surface area contributed by atoms with Crippen molar-refractivity contribution in [2.24, 2.45) is 5.92 Å². The largest absolute Gasteiger partial charge is 0.465 e. The van der Waals surface area contributed by atoms with Gasteiger partial charge in [0, 0.05) is 51.2 Å². The van der Waals surface area contributed by atoms with Crippen LogP contribution < -0.4 is 5.76 Å². The summed E-state index contributed by atoms with van der Waals surface area (Å²) < 4.78 is 10.4. The lowest BCUT2D eigenvalue weighted by Gasteiger charge is -2.43. The zero-order chi connectivity index (χ0) is 24.9. The van der Waals surface area contributed by atoms with Crippen molar-refractivity contribution in [2.45, 2.75) is 52.5 Å². The summed E-state index contributed by atoms with van der Waals surface area (Å²) in [5.74, 6) is -0.542. The second-order valence-electron chi connectivity index (χ2n) is 9.99. The highest BCUT2D eigenvalue weighted by molar-refractivity contribution is 5.80. The first-order valence-electron chi connectivity index (χ1n) is 12.9. The molecular weight excluding hydrogens is 448 g/mol. The van der Waals surface area contributed by atoms with E-state index in [9.17, 15) is 14.4 Å². The fourth-order valence-corrected chi connectivity index (χ4v) is 5.36. The van der Waals surface area contributed by atoms with E-state index in [1.54, 1.807) is 0 Å². The van der Waals surface area contributed by atoms with Crippen molar-refractivity contribution in [1.29, 1.82) is 0 Å². The Morgan fingerprint density at radius 3 is 2.54 bits per heavy atom. The molecule has 35 heavy (non-hydrogen) atoms. The van der Waals surface area contributed by atoms with Crippen molar-refractivity contribution < 1.29 is 18.7 Å². The number of aromatic amines is 1. The average molecular weight is 487 g/mol. The van der Waals surface area contributed by atoms with Gasteiger partial charge in [0.05, 0.1) is 18.7 Å². The van der Waals surface area contributed by atoms with Gasteiger partial charge in [-0.1, -0.05) is 19.9 Å². The monoisotopic (exact) mass is 486 g/mol. The van der Waals surface area contributed by atoms with Crippen LogP contribution in [0.1, 0.15) is 44.2 Å². The van der Waals surface area contributed by atoms with Gasteiger partial charge in [0.2, 0.25) is 5.91 Å². The number of carbonyl (C=O) groups is 2. The number of piperidine rings is 1. The molecule has 0 bridgehead atoms. The Labute approximate surface area is 206 Å². The summed E-state index contributed by atoms with van der Waals surface area (Å²) in [6, 6.07) is 4.39. The average Bonchev–Trinajstić information content (AvgIpc) is 3.23. The molecule has 1 atom stereocenters. The van der Waals surface area contributed by atoms with E-state index in [1.165, 1.54) is 0 Å². The first kappa shape index (κ1) is 25.4. The summed E-state index contributed by atoms with van der Waals surface area (Å²) in [4.78, 5) is 45.9. The highest BCUT2D eigenvalue weighted by Gasteiger charge is 2.30. The molecule has 2 aliphatic rings. The van der Waals surface area contributed by atoms with Crippen LogP contribution in [0.25, 0.3) is 11.1 Å². The second kappa shape index (κ2) is 11.4. The van der Waals surface area contributed by atoms with Crippen molar-refractivity contribution in [3.63, 3.8) is 0 Å². The molecule has 2 aromatic rings. The van der Waals surface area contributed by atoms with Gasteiger partial charge >= 0.3 is 11.7 Å². The summed E-state index contributed by atoms with van der Waals surface area (Å²) in [7, 11) is 0. The molecule has 2 fully saturated rings. The lowest BCUT2D eigenvalue weighted by atomic mass is 9.97. The van der Waals surface area contributed by atoms with Gasteiger partial charge in [0.15, 0.2) is 5.58 Å². The molecule has 2 aliphatic heterocycles. The number of aryl methyl sites for hydroxylation is 1. The molecule has 0 spiro atoms. The molecule has 3 heterocycles. The van der Waals surface area contributed by atoms with Gasteiger partial charge in [-0.25, -0.2) is 4.79 Å². The first-order chi connectivity index (χ1) is 16.8. The minimum Gasteiger partial charge on any atom is -0.465 e. The number of esters is 1. The van der Waals surface area contributed by atoms with Crippen LogP contribution in [0.5, 0.6) is 0 Å². The molecule has 4 rings (SSSR count). The Kier molecular flexibility index (Phi) is 8.28. The predicted octanol–water partition coefficient (Wildman–Crippen LogP) is 2.17. The predicted molar refractivity (Wildman–Crippen MR) is 133 cm³/mol. The standard InChI is InChI=1S/C26H38N4O5/c1-4-13-34-23(31)17-28-7-5-21(6-8-28)29-9-11-30(12-10-29)25(32)19(3)15-20-14-18(2)24-22(16-20)35-26(33)27-24/h14,16,19,21H,4-13,15,17H2,1-3H3,(H,27,33)/t19-/m1/s1. The highest BCUT2D eigenvalue weighted by Crippen LogP contribution is 2.22. The third-order valence-corrected chi connectivity index (χ3v) is 7.27. The molecule has 1 N–H and O–H groups in total. The number of ether oxygens (including phenoxy) is 1. The normalized spacial score (nSPS) is 19.2. The van der Waals surface area contributed by atoms with Gasteiger partial charge in [0.25, 0.3) is 0 Å². The quantitative estimate of drug-likeness (QED) is 0.571. The highest BCUT2D eigenvalue weighted by atomic mass is 16.5. The fourth-order valence-electron chi connectivity index (χ4n) is 5.36. The van der Waals surface area contributed by atoms with Crippen LogP contribution in [0.15, 0.2) is 21.3 Å². The number of nitrogens with zero attached hydrogens (tertiary/aromatic N) is 3. The Morgan fingerprint density at radius 1 is 1.14 bits per heavy atom. The van der Waals surface area contributed by atoms with E-state index < -0.39 is 5.76 Å². The van der Waals surface area contributed by atoms with Crippen LogP contribution in [-0.4, -0.2) is 90.0 Å². The maximum Gasteiger partial charge on any atom is 0.417 e. The zero-order valence-corrected chi connectivity index (χ0v) is 21.2. The van der Waals surface area contributed by atoms with Gasteiger partial charge in [-0.05, 0) is 49.8 Å². The Bertz CT molecular complexity index is 1080. The number of amides is 1. The number of oxazole rings is 1.